The van der Waals surface area contributed by atoms with Gasteiger partial charge in [-0.1, -0.05) is 43.0 Å². The van der Waals surface area contributed by atoms with Crippen molar-refractivity contribution in [1.29, 1.82) is 0 Å². The summed E-state index contributed by atoms with van der Waals surface area (Å²) in [7, 11) is 0. The number of nitrogens with zero attached hydrogens (tertiary/aromatic N) is 1. The van der Waals surface area contributed by atoms with Crippen molar-refractivity contribution in [2.45, 2.75) is 33.2 Å². The van der Waals surface area contributed by atoms with E-state index in [1.165, 1.54) is 11.8 Å². The zero-order valence-electron chi connectivity index (χ0n) is 12.5. The van der Waals surface area contributed by atoms with Gasteiger partial charge in [-0.3, -0.25) is 9.69 Å². The van der Waals surface area contributed by atoms with Crippen LogP contribution in [-0.2, 0) is 4.79 Å². The minimum Gasteiger partial charge on any atom is -0.494 e. The summed E-state index contributed by atoms with van der Waals surface area (Å²) in [5, 5.41) is 0. The van der Waals surface area contributed by atoms with Crippen molar-refractivity contribution < 1.29 is 9.53 Å². The summed E-state index contributed by atoms with van der Waals surface area (Å²) >= 11 is 6.62. The second-order valence-corrected chi connectivity index (χ2v) is 6.74. The highest BCUT2D eigenvalue weighted by molar-refractivity contribution is 8.26. The van der Waals surface area contributed by atoms with Gasteiger partial charge in [0.2, 0.25) is 0 Å². The number of rotatable bonds is 5. The maximum atomic E-state index is 12.3. The van der Waals surface area contributed by atoms with Crippen LogP contribution in [0.15, 0.2) is 29.2 Å². The van der Waals surface area contributed by atoms with E-state index in [0.717, 1.165) is 17.7 Å². The van der Waals surface area contributed by atoms with Crippen molar-refractivity contribution in [3.05, 3.63) is 34.7 Å². The molecular formula is C16H19NO2S2. The van der Waals surface area contributed by atoms with Gasteiger partial charge in [0.1, 0.15) is 10.1 Å². The first-order chi connectivity index (χ1) is 10.0. The molecule has 0 spiro atoms. The van der Waals surface area contributed by atoms with Gasteiger partial charge in [0, 0.05) is 6.04 Å². The second-order valence-electron chi connectivity index (χ2n) is 5.06. The summed E-state index contributed by atoms with van der Waals surface area (Å²) in [6, 6.07) is 7.84. The minimum atomic E-state index is -0.00805. The predicted molar refractivity (Wildman–Crippen MR) is 92.4 cm³/mol. The van der Waals surface area contributed by atoms with E-state index < -0.39 is 0 Å². The molecule has 21 heavy (non-hydrogen) atoms. The molecule has 0 N–H and O–H groups in total. The molecule has 2 rings (SSSR count). The van der Waals surface area contributed by atoms with Crippen LogP contribution in [0, 0.1) is 0 Å². The molecule has 1 aliphatic rings. The van der Waals surface area contributed by atoms with Crippen molar-refractivity contribution in [3.8, 4) is 5.75 Å². The number of ether oxygens (including phenoxy) is 1. The number of benzene rings is 1. The molecule has 0 aliphatic carbocycles. The van der Waals surface area contributed by atoms with Crippen LogP contribution in [0.1, 0.15) is 32.8 Å². The number of carbonyl (C=O) groups is 1. The molecule has 0 radical (unpaired) electrons. The van der Waals surface area contributed by atoms with E-state index in [-0.39, 0.29) is 11.9 Å². The predicted octanol–water partition coefficient (Wildman–Crippen LogP) is 4.09. The maximum absolute atomic E-state index is 12.3. The molecule has 1 aromatic rings. The molecule has 112 valence electrons. The highest BCUT2D eigenvalue weighted by Crippen LogP contribution is 2.33. The molecule has 0 bridgehead atoms. The Balaban J connectivity index is 2.13. The Hall–Kier alpha value is -1.33. The Kier molecular flexibility index (Phi) is 5.42. The van der Waals surface area contributed by atoms with Gasteiger partial charge in [-0.05, 0) is 44.0 Å². The Morgan fingerprint density at radius 3 is 2.52 bits per heavy atom. The lowest BCUT2D eigenvalue weighted by atomic mass is 10.2. The molecule has 1 heterocycles. The van der Waals surface area contributed by atoms with Crippen LogP contribution in [0.5, 0.6) is 5.75 Å². The van der Waals surface area contributed by atoms with Gasteiger partial charge in [0.15, 0.2) is 0 Å². The summed E-state index contributed by atoms with van der Waals surface area (Å²) in [5.41, 5.74) is 0.975. The highest BCUT2D eigenvalue weighted by Gasteiger charge is 2.33. The number of thioether (sulfide) groups is 1. The highest BCUT2D eigenvalue weighted by atomic mass is 32.2. The first kappa shape index (κ1) is 16.0. The van der Waals surface area contributed by atoms with Crippen LogP contribution in [0.4, 0.5) is 0 Å². The summed E-state index contributed by atoms with van der Waals surface area (Å²) in [6.07, 6.45) is 2.87. The first-order valence-corrected chi connectivity index (χ1v) is 8.25. The number of hydrogen-bond donors (Lipinski definition) is 0. The Bertz CT molecular complexity index is 564. The SMILES string of the molecule is CCCOc1ccc(C=C2SC(=S)N(C(C)C)C2=O)cc1. The molecule has 0 atom stereocenters. The van der Waals surface area contributed by atoms with Gasteiger partial charge in [-0.2, -0.15) is 0 Å². The quantitative estimate of drug-likeness (QED) is 0.603. The third-order valence-electron chi connectivity index (χ3n) is 2.99. The Morgan fingerprint density at radius 1 is 1.33 bits per heavy atom. The zero-order chi connectivity index (χ0) is 15.4. The Labute approximate surface area is 135 Å². The van der Waals surface area contributed by atoms with E-state index in [9.17, 15) is 4.79 Å². The molecule has 1 amide bonds. The number of amides is 1. The summed E-state index contributed by atoms with van der Waals surface area (Å²) in [4.78, 5) is 14.6. The lowest BCUT2D eigenvalue weighted by molar-refractivity contribution is -0.123. The Morgan fingerprint density at radius 2 is 2.00 bits per heavy atom. The van der Waals surface area contributed by atoms with Crippen LogP contribution in [0.25, 0.3) is 6.08 Å². The lowest BCUT2D eigenvalue weighted by Crippen LogP contribution is -2.34. The third-order valence-corrected chi connectivity index (χ3v) is 4.32. The molecule has 0 unspecified atom stereocenters. The summed E-state index contributed by atoms with van der Waals surface area (Å²) < 4.78 is 6.17. The fourth-order valence-electron chi connectivity index (χ4n) is 1.96. The molecule has 1 aromatic carbocycles. The van der Waals surface area contributed by atoms with E-state index in [1.807, 2.05) is 44.2 Å². The van der Waals surface area contributed by atoms with Gasteiger partial charge >= 0.3 is 0 Å². The van der Waals surface area contributed by atoms with Crippen molar-refractivity contribution in [1.82, 2.24) is 4.90 Å². The number of hydrogen-bond acceptors (Lipinski definition) is 4. The summed E-state index contributed by atoms with van der Waals surface area (Å²) in [5.74, 6) is 0.843. The lowest BCUT2D eigenvalue weighted by Gasteiger charge is -2.18. The van der Waals surface area contributed by atoms with Crippen LogP contribution in [0.3, 0.4) is 0 Å². The van der Waals surface area contributed by atoms with Crippen molar-refractivity contribution in [2.24, 2.45) is 0 Å². The molecule has 1 saturated heterocycles. The van der Waals surface area contributed by atoms with Crippen LogP contribution in [0.2, 0.25) is 0 Å². The summed E-state index contributed by atoms with van der Waals surface area (Å²) in [6.45, 7) is 6.72. The third kappa shape index (κ3) is 3.86. The van der Waals surface area contributed by atoms with E-state index >= 15 is 0 Å². The van der Waals surface area contributed by atoms with E-state index in [4.69, 9.17) is 17.0 Å². The number of carbonyl (C=O) groups excluding carboxylic acids is 1. The molecular weight excluding hydrogens is 302 g/mol. The normalized spacial score (nSPS) is 17.1. The van der Waals surface area contributed by atoms with Crippen molar-refractivity contribution in [2.75, 3.05) is 6.61 Å². The second kappa shape index (κ2) is 7.09. The van der Waals surface area contributed by atoms with Gasteiger partial charge in [0.25, 0.3) is 5.91 Å². The number of thiocarbonyl (C=S) groups is 1. The van der Waals surface area contributed by atoms with E-state index in [1.54, 1.807) is 4.90 Å². The molecule has 0 aromatic heterocycles. The average Bonchev–Trinajstić information content (AvgIpc) is 2.72. The smallest absolute Gasteiger partial charge is 0.266 e. The molecule has 1 fully saturated rings. The van der Waals surface area contributed by atoms with Gasteiger partial charge < -0.3 is 4.74 Å². The van der Waals surface area contributed by atoms with E-state index in [2.05, 4.69) is 6.92 Å². The fourth-order valence-corrected chi connectivity index (χ4v) is 3.48. The zero-order valence-corrected chi connectivity index (χ0v) is 14.1. The minimum absolute atomic E-state index is 0.00805. The first-order valence-electron chi connectivity index (χ1n) is 7.03. The van der Waals surface area contributed by atoms with Crippen LogP contribution < -0.4 is 4.74 Å². The van der Waals surface area contributed by atoms with Crippen molar-refractivity contribution in [3.63, 3.8) is 0 Å². The fraction of sp³-hybridized carbons (Fsp3) is 0.375. The topological polar surface area (TPSA) is 29.5 Å². The standard InChI is InChI=1S/C16H19NO2S2/c1-4-9-19-13-7-5-12(6-8-13)10-14-15(18)17(11(2)3)16(20)21-14/h5-8,10-11H,4,9H2,1-3H3. The molecule has 5 heteroatoms. The van der Waals surface area contributed by atoms with Gasteiger partial charge in [-0.25, -0.2) is 0 Å². The van der Waals surface area contributed by atoms with Gasteiger partial charge in [0.05, 0.1) is 11.5 Å². The van der Waals surface area contributed by atoms with Crippen LogP contribution in [-0.4, -0.2) is 27.8 Å². The van der Waals surface area contributed by atoms with Gasteiger partial charge in [-0.15, -0.1) is 0 Å². The van der Waals surface area contributed by atoms with Crippen LogP contribution >= 0.6 is 24.0 Å². The molecule has 1 aliphatic heterocycles. The monoisotopic (exact) mass is 321 g/mol. The van der Waals surface area contributed by atoms with Crippen molar-refractivity contribution >= 4 is 40.3 Å². The largest absolute Gasteiger partial charge is 0.494 e. The molecule has 0 saturated carbocycles. The molecule has 3 nitrogen and oxygen atoms in total. The maximum Gasteiger partial charge on any atom is 0.266 e. The van der Waals surface area contributed by atoms with E-state index in [0.29, 0.717) is 15.8 Å². The average molecular weight is 321 g/mol.